The zero-order valence-corrected chi connectivity index (χ0v) is 12.5. The van der Waals surface area contributed by atoms with E-state index in [0.717, 1.165) is 31.9 Å². The van der Waals surface area contributed by atoms with Crippen LogP contribution >= 0.6 is 0 Å². The molecule has 21 heavy (non-hydrogen) atoms. The molecule has 1 aliphatic rings. The normalized spacial score (nSPS) is 16.2. The van der Waals surface area contributed by atoms with Gasteiger partial charge in [-0.1, -0.05) is 0 Å². The SMILES string of the molecule is Cc1nnc(CNc2ccc(N3CCN(C)CC3)cc2)o1. The second-order valence-corrected chi connectivity index (χ2v) is 5.41. The lowest BCUT2D eigenvalue weighted by Crippen LogP contribution is -2.44. The van der Waals surface area contributed by atoms with Crippen LogP contribution in [0.5, 0.6) is 0 Å². The van der Waals surface area contributed by atoms with Crippen LogP contribution in [0.15, 0.2) is 28.7 Å². The topological polar surface area (TPSA) is 57.4 Å². The molecule has 0 saturated carbocycles. The van der Waals surface area contributed by atoms with Gasteiger partial charge in [0.2, 0.25) is 11.8 Å². The van der Waals surface area contributed by atoms with Gasteiger partial charge >= 0.3 is 0 Å². The van der Waals surface area contributed by atoms with Crippen molar-refractivity contribution in [2.24, 2.45) is 0 Å². The van der Waals surface area contributed by atoms with Crippen molar-refractivity contribution in [3.63, 3.8) is 0 Å². The molecule has 1 N–H and O–H groups in total. The number of likely N-dealkylation sites (N-methyl/N-ethyl adjacent to an activating group) is 1. The van der Waals surface area contributed by atoms with E-state index in [4.69, 9.17) is 4.42 Å². The zero-order valence-electron chi connectivity index (χ0n) is 12.5. The Balaban J connectivity index is 1.56. The molecule has 0 atom stereocenters. The molecule has 0 aliphatic carbocycles. The van der Waals surface area contributed by atoms with Gasteiger partial charge in [-0.25, -0.2) is 0 Å². The molecule has 1 aromatic heterocycles. The maximum absolute atomic E-state index is 5.34. The number of anilines is 2. The summed E-state index contributed by atoms with van der Waals surface area (Å²) in [5.41, 5.74) is 2.34. The number of aryl methyl sites for hydroxylation is 1. The Morgan fingerprint density at radius 3 is 2.43 bits per heavy atom. The average Bonchev–Trinajstić information content (AvgIpc) is 2.92. The van der Waals surface area contributed by atoms with E-state index in [1.165, 1.54) is 5.69 Å². The molecular weight excluding hydrogens is 266 g/mol. The molecule has 0 bridgehead atoms. The van der Waals surface area contributed by atoms with Gasteiger partial charge in [-0.2, -0.15) is 0 Å². The number of nitrogens with zero attached hydrogens (tertiary/aromatic N) is 4. The number of piperazine rings is 1. The lowest BCUT2D eigenvalue weighted by molar-refractivity contribution is 0.313. The number of hydrogen-bond donors (Lipinski definition) is 1. The van der Waals surface area contributed by atoms with Crippen LogP contribution in [-0.4, -0.2) is 48.3 Å². The van der Waals surface area contributed by atoms with Crippen LogP contribution in [0.25, 0.3) is 0 Å². The van der Waals surface area contributed by atoms with Gasteiger partial charge in [0.1, 0.15) is 0 Å². The summed E-state index contributed by atoms with van der Waals surface area (Å²) in [4.78, 5) is 4.78. The lowest BCUT2D eigenvalue weighted by Gasteiger charge is -2.34. The third-order valence-corrected chi connectivity index (χ3v) is 3.75. The Morgan fingerprint density at radius 1 is 1.10 bits per heavy atom. The predicted octanol–water partition coefficient (Wildman–Crippen LogP) is 1.74. The number of aromatic nitrogens is 2. The first kappa shape index (κ1) is 13.9. The second kappa shape index (κ2) is 6.13. The highest BCUT2D eigenvalue weighted by Gasteiger charge is 2.13. The lowest BCUT2D eigenvalue weighted by atomic mass is 10.2. The van der Waals surface area contributed by atoms with E-state index in [2.05, 4.69) is 56.6 Å². The fraction of sp³-hybridized carbons (Fsp3) is 0.467. The summed E-state index contributed by atoms with van der Waals surface area (Å²) in [5.74, 6) is 1.20. The smallest absolute Gasteiger partial charge is 0.235 e. The number of nitrogens with one attached hydrogen (secondary N) is 1. The van der Waals surface area contributed by atoms with Gasteiger partial charge in [0.15, 0.2) is 0 Å². The Hall–Kier alpha value is -2.08. The number of hydrogen-bond acceptors (Lipinski definition) is 6. The zero-order chi connectivity index (χ0) is 14.7. The highest BCUT2D eigenvalue weighted by molar-refractivity contribution is 5.55. The standard InChI is InChI=1S/C15H21N5O/c1-12-17-18-15(21-12)11-16-13-3-5-14(6-4-13)20-9-7-19(2)8-10-20/h3-6,16H,7-11H2,1-2H3. The molecule has 0 amide bonds. The van der Waals surface area contributed by atoms with E-state index < -0.39 is 0 Å². The van der Waals surface area contributed by atoms with E-state index in [9.17, 15) is 0 Å². The molecule has 2 aromatic rings. The van der Waals surface area contributed by atoms with E-state index in [1.807, 2.05) is 0 Å². The van der Waals surface area contributed by atoms with Crippen LogP contribution in [-0.2, 0) is 6.54 Å². The average molecular weight is 287 g/mol. The van der Waals surface area contributed by atoms with Crippen LogP contribution in [0.1, 0.15) is 11.8 Å². The maximum Gasteiger partial charge on any atom is 0.235 e. The highest BCUT2D eigenvalue weighted by atomic mass is 16.4. The van der Waals surface area contributed by atoms with Gasteiger partial charge in [0.05, 0.1) is 6.54 Å². The van der Waals surface area contributed by atoms with Gasteiger partial charge in [-0.15, -0.1) is 10.2 Å². The van der Waals surface area contributed by atoms with Crippen molar-refractivity contribution < 1.29 is 4.42 Å². The largest absolute Gasteiger partial charge is 0.424 e. The molecule has 2 heterocycles. The van der Waals surface area contributed by atoms with Crippen molar-refractivity contribution in [1.29, 1.82) is 0 Å². The monoisotopic (exact) mass is 287 g/mol. The van der Waals surface area contributed by atoms with Crippen LogP contribution in [0, 0.1) is 6.92 Å². The Morgan fingerprint density at radius 2 is 1.81 bits per heavy atom. The summed E-state index contributed by atoms with van der Waals surface area (Å²) in [5, 5.41) is 11.1. The van der Waals surface area contributed by atoms with Gasteiger partial charge in [-0.3, -0.25) is 0 Å². The van der Waals surface area contributed by atoms with E-state index in [1.54, 1.807) is 6.92 Å². The minimum absolute atomic E-state index is 0.550. The second-order valence-electron chi connectivity index (χ2n) is 5.41. The minimum atomic E-state index is 0.550. The molecule has 3 rings (SSSR count). The highest BCUT2D eigenvalue weighted by Crippen LogP contribution is 2.19. The molecule has 1 saturated heterocycles. The van der Waals surface area contributed by atoms with Crippen LogP contribution < -0.4 is 10.2 Å². The van der Waals surface area contributed by atoms with E-state index in [-0.39, 0.29) is 0 Å². The molecule has 1 fully saturated rings. The van der Waals surface area contributed by atoms with Crippen LogP contribution in [0.4, 0.5) is 11.4 Å². The van der Waals surface area contributed by atoms with Crippen molar-refractivity contribution in [3.05, 3.63) is 36.0 Å². The molecule has 6 nitrogen and oxygen atoms in total. The summed E-state index contributed by atoms with van der Waals surface area (Å²) in [6.07, 6.45) is 0. The van der Waals surface area contributed by atoms with Crippen LogP contribution in [0.3, 0.4) is 0 Å². The molecule has 1 aromatic carbocycles. The van der Waals surface area contributed by atoms with Crippen molar-refractivity contribution in [2.75, 3.05) is 43.4 Å². The van der Waals surface area contributed by atoms with Gasteiger partial charge in [-0.05, 0) is 31.3 Å². The molecule has 0 radical (unpaired) electrons. The quantitative estimate of drug-likeness (QED) is 0.924. The summed E-state index contributed by atoms with van der Waals surface area (Å²) in [6.45, 7) is 6.76. The van der Waals surface area contributed by atoms with Gasteiger partial charge < -0.3 is 19.5 Å². The van der Waals surface area contributed by atoms with E-state index >= 15 is 0 Å². The molecule has 6 heteroatoms. The fourth-order valence-corrected chi connectivity index (χ4v) is 2.44. The van der Waals surface area contributed by atoms with Crippen LogP contribution in [0.2, 0.25) is 0 Å². The van der Waals surface area contributed by atoms with Gasteiger partial charge in [0.25, 0.3) is 0 Å². The first-order valence-corrected chi connectivity index (χ1v) is 7.27. The fourth-order valence-electron chi connectivity index (χ4n) is 2.44. The predicted molar refractivity (Wildman–Crippen MR) is 82.5 cm³/mol. The number of rotatable bonds is 4. The van der Waals surface area contributed by atoms with Crippen molar-refractivity contribution in [3.8, 4) is 0 Å². The first-order chi connectivity index (χ1) is 10.2. The van der Waals surface area contributed by atoms with Gasteiger partial charge in [0, 0.05) is 44.5 Å². The Kier molecular flexibility index (Phi) is 4.06. The third-order valence-electron chi connectivity index (χ3n) is 3.75. The third kappa shape index (κ3) is 3.52. The summed E-state index contributed by atoms with van der Waals surface area (Å²) in [7, 11) is 2.17. The first-order valence-electron chi connectivity index (χ1n) is 7.27. The van der Waals surface area contributed by atoms with Crippen molar-refractivity contribution in [1.82, 2.24) is 15.1 Å². The Labute approximate surface area is 124 Å². The summed E-state index contributed by atoms with van der Waals surface area (Å²) >= 11 is 0. The minimum Gasteiger partial charge on any atom is -0.424 e. The molecule has 0 spiro atoms. The number of benzene rings is 1. The summed E-state index contributed by atoms with van der Waals surface area (Å²) < 4.78 is 5.34. The molecule has 112 valence electrons. The summed E-state index contributed by atoms with van der Waals surface area (Å²) in [6, 6.07) is 8.51. The van der Waals surface area contributed by atoms with Crippen molar-refractivity contribution in [2.45, 2.75) is 13.5 Å². The molecular formula is C15H21N5O. The molecule has 0 unspecified atom stereocenters. The van der Waals surface area contributed by atoms with Crippen molar-refractivity contribution >= 4 is 11.4 Å². The maximum atomic E-state index is 5.34. The molecule has 1 aliphatic heterocycles. The van der Waals surface area contributed by atoms with E-state index in [0.29, 0.717) is 18.3 Å². The Bertz CT molecular complexity index is 572.